The van der Waals surface area contributed by atoms with Crippen molar-refractivity contribution in [1.82, 2.24) is 0 Å². The lowest BCUT2D eigenvalue weighted by molar-refractivity contribution is -0.104. The van der Waals surface area contributed by atoms with Crippen LogP contribution >= 0.6 is 0 Å². The summed E-state index contributed by atoms with van der Waals surface area (Å²) in [6.45, 7) is 13.2. The Hall–Kier alpha value is -1.41. The second-order valence-corrected chi connectivity index (χ2v) is 10.9. The van der Waals surface area contributed by atoms with E-state index in [0.29, 0.717) is 5.54 Å². The minimum absolute atomic E-state index is 0.542. The van der Waals surface area contributed by atoms with E-state index in [1.807, 2.05) is 6.92 Å². The number of hydrogen-bond acceptors (Lipinski definition) is 1. The number of rotatable bonds is 7. The first-order valence-electron chi connectivity index (χ1n) is 7.21. The largest absolute Gasteiger partial charge is 0.299 e. The lowest BCUT2D eigenvalue weighted by Crippen LogP contribution is -2.46. The molecule has 108 valence electrons. The highest BCUT2D eigenvalue weighted by molar-refractivity contribution is 6.91. The molecule has 0 saturated heterocycles. The number of benzene rings is 1. The highest BCUT2D eigenvalue weighted by atomic mass is 28.3. The molecule has 0 heterocycles. The van der Waals surface area contributed by atoms with E-state index in [-0.39, 0.29) is 0 Å². The van der Waals surface area contributed by atoms with E-state index in [1.165, 1.54) is 10.8 Å². The Morgan fingerprint density at radius 3 is 2.35 bits per heavy atom. The number of allylic oxidation sites excluding steroid dienone is 3. The van der Waals surface area contributed by atoms with Crippen molar-refractivity contribution in [1.29, 1.82) is 0 Å². The normalized spacial score (nSPS) is 13.9. The van der Waals surface area contributed by atoms with Crippen LogP contribution in [-0.2, 0) is 4.79 Å². The van der Waals surface area contributed by atoms with Gasteiger partial charge in [0.25, 0.3) is 0 Å². The number of carbonyl (C=O) groups is 1. The zero-order valence-corrected chi connectivity index (χ0v) is 14.1. The van der Waals surface area contributed by atoms with Crippen molar-refractivity contribution in [3.63, 3.8) is 0 Å². The molecule has 0 saturated carbocycles. The topological polar surface area (TPSA) is 17.1 Å². The molecule has 1 rings (SSSR count). The summed E-state index contributed by atoms with van der Waals surface area (Å²) in [5, 5.41) is 1.48. The van der Waals surface area contributed by atoms with Gasteiger partial charge in [-0.3, -0.25) is 4.79 Å². The highest BCUT2D eigenvalue weighted by Crippen LogP contribution is 2.34. The van der Waals surface area contributed by atoms with E-state index in [9.17, 15) is 4.79 Å². The van der Waals surface area contributed by atoms with Gasteiger partial charge in [-0.1, -0.05) is 59.8 Å². The van der Waals surface area contributed by atoms with Crippen LogP contribution in [0.1, 0.15) is 26.7 Å². The van der Waals surface area contributed by atoms with Gasteiger partial charge >= 0.3 is 0 Å². The average molecular weight is 286 g/mol. The molecule has 2 heteroatoms. The van der Waals surface area contributed by atoms with Crippen molar-refractivity contribution in [3.8, 4) is 0 Å². The van der Waals surface area contributed by atoms with E-state index in [0.717, 1.165) is 24.7 Å². The fraction of sp³-hybridized carbons (Fsp3) is 0.389. The summed E-state index contributed by atoms with van der Waals surface area (Å²) < 4.78 is 0. The smallest absolute Gasteiger partial charge is 0.142 e. The molecule has 0 amide bonds. The summed E-state index contributed by atoms with van der Waals surface area (Å²) >= 11 is 0. The van der Waals surface area contributed by atoms with Crippen molar-refractivity contribution >= 4 is 19.5 Å². The fourth-order valence-electron chi connectivity index (χ4n) is 2.86. The Labute approximate surface area is 124 Å². The maximum absolute atomic E-state index is 10.5. The Morgan fingerprint density at radius 1 is 1.25 bits per heavy atom. The Balaban J connectivity index is 2.93. The SMILES string of the molecule is C=C(C)C(CC/C(C)=C\C=O)[Si](C)(C)c1ccccc1. The van der Waals surface area contributed by atoms with Gasteiger partial charge in [0.1, 0.15) is 6.29 Å². The number of carbonyl (C=O) groups excluding carboxylic acids is 1. The first-order chi connectivity index (χ1) is 9.39. The van der Waals surface area contributed by atoms with Crippen molar-refractivity contribution in [2.45, 2.75) is 45.3 Å². The first kappa shape index (κ1) is 16.6. The van der Waals surface area contributed by atoms with Crippen LogP contribution in [0.15, 0.2) is 54.1 Å². The molecule has 0 aliphatic carbocycles. The predicted octanol–water partition coefficient (Wildman–Crippen LogP) is 4.47. The predicted molar refractivity (Wildman–Crippen MR) is 91.2 cm³/mol. The molecule has 0 radical (unpaired) electrons. The maximum Gasteiger partial charge on any atom is 0.142 e. The second kappa shape index (κ2) is 7.39. The molecule has 0 N–H and O–H groups in total. The highest BCUT2D eigenvalue weighted by Gasteiger charge is 2.33. The van der Waals surface area contributed by atoms with Crippen LogP contribution in [0.25, 0.3) is 0 Å². The maximum atomic E-state index is 10.5. The third kappa shape index (κ3) is 4.31. The van der Waals surface area contributed by atoms with Crippen molar-refractivity contribution in [3.05, 3.63) is 54.1 Å². The Morgan fingerprint density at radius 2 is 1.85 bits per heavy atom. The summed E-state index contributed by atoms with van der Waals surface area (Å²) in [4.78, 5) is 10.5. The molecule has 0 spiro atoms. The van der Waals surface area contributed by atoms with Gasteiger partial charge < -0.3 is 0 Å². The molecular weight excluding hydrogens is 260 g/mol. The van der Waals surface area contributed by atoms with Crippen LogP contribution in [0.2, 0.25) is 18.6 Å². The number of hydrogen-bond donors (Lipinski definition) is 0. The molecule has 1 aromatic rings. The van der Waals surface area contributed by atoms with E-state index in [1.54, 1.807) is 6.08 Å². The van der Waals surface area contributed by atoms with E-state index < -0.39 is 8.07 Å². The van der Waals surface area contributed by atoms with E-state index >= 15 is 0 Å². The zero-order valence-electron chi connectivity index (χ0n) is 13.1. The van der Waals surface area contributed by atoms with Gasteiger partial charge in [0.2, 0.25) is 0 Å². The summed E-state index contributed by atoms with van der Waals surface area (Å²) in [6, 6.07) is 10.8. The minimum Gasteiger partial charge on any atom is -0.299 e. The van der Waals surface area contributed by atoms with Crippen LogP contribution in [0.4, 0.5) is 0 Å². The Kier molecular flexibility index (Phi) is 6.15. The van der Waals surface area contributed by atoms with Crippen LogP contribution in [0.3, 0.4) is 0 Å². The molecule has 1 unspecified atom stereocenters. The summed E-state index contributed by atoms with van der Waals surface area (Å²) in [5.74, 6) is 0. The quantitative estimate of drug-likeness (QED) is 0.313. The molecule has 0 fully saturated rings. The minimum atomic E-state index is -1.58. The van der Waals surface area contributed by atoms with E-state index in [2.05, 4.69) is 56.9 Å². The third-order valence-corrected chi connectivity index (χ3v) is 8.51. The Bertz CT molecular complexity index is 485. The molecule has 0 bridgehead atoms. The van der Waals surface area contributed by atoms with Gasteiger partial charge in [-0.15, -0.1) is 6.58 Å². The molecule has 20 heavy (non-hydrogen) atoms. The van der Waals surface area contributed by atoms with Crippen LogP contribution in [0, 0.1) is 0 Å². The molecule has 1 nitrogen and oxygen atoms in total. The lowest BCUT2D eigenvalue weighted by atomic mass is 10.1. The molecule has 0 aliphatic heterocycles. The first-order valence-corrected chi connectivity index (χ1v) is 10.3. The van der Waals surface area contributed by atoms with Crippen LogP contribution in [-0.4, -0.2) is 14.4 Å². The van der Waals surface area contributed by atoms with Crippen molar-refractivity contribution < 1.29 is 4.79 Å². The molecule has 1 atom stereocenters. The standard InChI is InChI=1S/C18H26OSi/c1-15(2)18(12-11-16(3)13-14-19)20(4,5)17-9-7-6-8-10-17/h6-10,13-14,18H,1,11-12H2,2-5H3/b16-13-. The van der Waals surface area contributed by atoms with Crippen LogP contribution in [0.5, 0.6) is 0 Å². The second-order valence-electron chi connectivity index (χ2n) is 6.17. The summed E-state index contributed by atoms with van der Waals surface area (Å²) in [5.41, 5.74) is 2.97. The van der Waals surface area contributed by atoms with Gasteiger partial charge in [0, 0.05) is 0 Å². The van der Waals surface area contributed by atoms with Gasteiger partial charge in [-0.2, -0.15) is 0 Å². The lowest BCUT2D eigenvalue weighted by Gasteiger charge is -2.34. The molecule has 0 aliphatic rings. The van der Waals surface area contributed by atoms with Gasteiger partial charge in [-0.05, 0) is 38.3 Å². The van der Waals surface area contributed by atoms with E-state index in [4.69, 9.17) is 0 Å². The van der Waals surface area contributed by atoms with Gasteiger partial charge in [0.05, 0.1) is 8.07 Å². The monoisotopic (exact) mass is 286 g/mol. The van der Waals surface area contributed by atoms with Crippen molar-refractivity contribution in [2.75, 3.05) is 0 Å². The van der Waals surface area contributed by atoms with Crippen molar-refractivity contribution in [2.24, 2.45) is 0 Å². The van der Waals surface area contributed by atoms with Gasteiger partial charge in [-0.25, -0.2) is 0 Å². The fourth-order valence-corrected chi connectivity index (χ4v) is 6.42. The zero-order chi connectivity index (χ0) is 15.2. The summed E-state index contributed by atoms with van der Waals surface area (Å²) in [6.07, 6.45) is 4.61. The van der Waals surface area contributed by atoms with Crippen LogP contribution < -0.4 is 5.19 Å². The molecular formula is C18H26OSi. The third-order valence-electron chi connectivity index (χ3n) is 4.16. The molecule has 1 aromatic carbocycles. The van der Waals surface area contributed by atoms with Gasteiger partial charge in [0.15, 0.2) is 0 Å². The average Bonchev–Trinajstić information content (AvgIpc) is 2.39. The number of aldehydes is 1. The molecule has 0 aromatic heterocycles. The summed E-state index contributed by atoms with van der Waals surface area (Å²) in [7, 11) is -1.58.